The molecule has 2 aromatic carbocycles. The van der Waals surface area contributed by atoms with Crippen LogP contribution in [0.15, 0.2) is 73.1 Å². The molecule has 0 radical (unpaired) electrons. The van der Waals surface area contributed by atoms with Gasteiger partial charge in [-0.3, -0.25) is 14.6 Å². The lowest BCUT2D eigenvalue weighted by molar-refractivity contribution is -0.166. The van der Waals surface area contributed by atoms with E-state index in [4.69, 9.17) is 0 Å². The van der Waals surface area contributed by atoms with Gasteiger partial charge in [-0.2, -0.15) is 0 Å². The molecule has 0 aliphatic carbocycles. The minimum Gasteiger partial charge on any atom is -0.394 e. The fourth-order valence-corrected chi connectivity index (χ4v) is 5.04. The molecule has 1 aromatic heterocycles. The van der Waals surface area contributed by atoms with E-state index in [1.54, 1.807) is 34.3 Å². The Morgan fingerprint density at radius 2 is 1.91 bits per heavy atom. The summed E-state index contributed by atoms with van der Waals surface area (Å²) in [6.07, 6.45) is 3.51. The molecule has 33 heavy (non-hydrogen) atoms. The van der Waals surface area contributed by atoms with Crippen LogP contribution >= 0.6 is 0 Å². The Morgan fingerprint density at radius 1 is 1.09 bits per heavy atom. The highest BCUT2D eigenvalue weighted by Crippen LogP contribution is 2.43. The van der Waals surface area contributed by atoms with Gasteiger partial charge in [0.05, 0.1) is 31.7 Å². The fourth-order valence-electron chi connectivity index (χ4n) is 5.04. The maximum atomic E-state index is 13.6. The van der Waals surface area contributed by atoms with Crippen molar-refractivity contribution in [3.05, 3.63) is 90.0 Å². The molecule has 2 aliphatic rings. The zero-order valence-electron chi connectivity index (χ0n) is 18.0. The van der Waals surface area contributed by atoms with Crippen LogP contribution in [0.4, 0.5) is 4.39 Å². The number of amides is 2. The fraction of sp³-hybridized carbons (Fsp3) is 0.269. The van der Waals surface area contributed by atoms with Crippen molar-refractivity contribution in [2.75, 3.05) is 19.7 Å². The molecular weight excluding hydrogens is 421 g/mol. The number of aliphatic hydroxyl groups is 1. The molecule has 7 heteroatoms. The van der Waals surface area contributed by atoms with Crippen molar-refractivity contribution in [3.63, 3.8) is 0 Å². The SMILES string of the molecule is O=C(Cc1cccnc1)N1CC(=O)N2[C@H](C1)[C@@H](c1ccc(-c3cccc(F)c3)cc1)[C@@H]2CO. The number of pyridine rings is 1. The van der Waals surface area contributed by atoms with Gasteiger partial charge in [-0.05, 0) is 40.5 Å². The molecule has 0 saturated carbocycles. The number of hydrogen-bond acceptors (Lipinski definition) is 4. The van der Waals surface area contributed by atoms with E-state index in [0.29, 0.717) is 6.54 Å². The third-order valence-electron chi connectivity index (χ3n) is 6.64. The number of piperazine rings is 1. The van der Waals surface area contributed by atoms with Crippen molar-refractivity contribution < 1.29 is 19.1 Å². The van der Waals surface area contributed by atoms with Crippen LogP contribution in [0.25, 0.3) is 11.1 Å². The number of halogens is 1. The molecule has 5 rings (SSSR count). The molecule has 0 bridgehead atoms. The summed E-state index contributed by atoms with van der Waals surface area (Å²) in [7, 11) is 0. The topological polar surface area (TPSA) is 73.7 Å². The molecule has 2 aliphatic heterocycles. The van der Waals surface area contributed by atoms with Crippen LogP contribution in [0, 0.1) is 5.82 Å². The predicted molar refractivity (Wildman–Crippen MR) is 121 cm³/mol. The van der Waals surface area contributed by atoms with Gasteiger partial charge in [0.25, 0.3) is 0 Å². The Morgan fingerprint density at radius 3 is 2.61 bits per heavy atom. The van der Waals surface area contributed by atoms with E-state index in [0.717, 1.165) is 22.3 Å². The molecule has 6 nitrogen and oxygen atoms in total. The minimum atomic E-state index is -0.307. The number of carbonyl (C=O) groups excluding carboxylic acids is 2. The zero-order chi connectivity index (χ0) is 22.9. The number of nitrogens with zero attached hydrogens (tertiary/aromatic N) is 3. The number of fused-ring (bicyclic) bond motifs is 1. The quantitative estimate of drug-likeness (QED) is 0.655. The average molecular weight is 445 g/mol. The second kappa shape index (κ2) is 8.75. The lowest BCUT2D eigenvalue weighted by atomic mass is 9.73. The summed E-state index contributed by atoms with van der Waals surface area (Å²) in [6.45, 7) is 0.317. The Labute approximate surface area is 191 Å². The number of aromatic nitrogens is 1. The number of aliphatic hydroxyl groups excluding tert-OH is 1. The molecule has 2 saturated heterocycles. The molecule has 3 aromatic rings. The molecule has 0 spiro atoms. The summed E-state index contributed by atoms with van der Waals surface area (Å²) < 4.78 is 13.6. The van der Waals surface area contributed by atoms with Gasteiger partial charge in [0.15, 0.2) is 0 Å². The van der Waals surface area contributed by atoms with Gasteiger partial charge >= 0.3 is 0 Å². The van der Waals surface area contributed by atoms with E-state index in [2.05, 4.69) is 4.98 Å². The first kappa shape index (κ1) is 21.3. The Hall–Kier alpha value is -3.58. The zero-order valence-corrected chi connectivity index (χ0v) is 18.0. The van der Waals surface area contributed by atoms with Crippen LogP contribution in [-0.4, -0.2) is 63.5 Å². The van der Waals surface area contributed by atoms with Crippen LogP contribution in [0.5, 0.6) is 0 Å². The summed E-state index contributed by atoms with van der Waals surface area (Å²) in [5.74, 6) is -0.612. The Kier molecular flexibility index (Phi) is 5.64. The van der Waals surface area contributed by atoms with E-state index >= 15 is 0 Å². The van der Waals surface area contributed by atoms with E-state index in [-0.39, 0.29) is 55.2 Å². The van der Waals surface area contributed by atoms with E-state index < -0.39 is 0 Å². The Bertz CT molecular complexity index is 1170. The van der Waals surface area contributed by atoms with Gasteiger partial charge in [0.2, 0.25) is 11.8 Å². The van der Waals surface area contributed by atoms with E-state index in [1.807, 2.05) is 36.4 Å². The highest BCUT2D eigenvalue weighted by atomic mass is 19.1. The van der Waals surface area contributed by atoms with Crippen LogP contribution in [0.3, 0.4) is 0 Å². The maximum Gasteiger partial charge on any atom is 0.242 e. The summed E-state index contributed by atoms with van der Waals surface area (Å²) in [5.41, 5.74) is 3.48. The van der Waals surface area contributed by atoms with Crippen LogP contribution in [0.2, 0.25) is 0 Å². The third kappa shape index (κ3) is 4.00. The standard InChI is InChI=1S/C26H24FN3O3/c27-21-5-1-4-20(12-21)18-6-8-19(9-7-18)26-22-14-29(15-25(33)30(22)23(26)16-31)24(32)11-17-3-2-10-28-13-17/h1-10,12-13,22-23,26,31H,11,14-16H2/t22-,23+,26-/m1/s1. The number of hydrogen-bond donors (Lipinski definition) is 1. The van der Waals surface area contributed by atoms with Crippen LogP contribution in [-0.2, 0) is 16.0 Å². The first-order valence-corrected chi connectivity index (χ1v) is 11.0. The van der Waals surface area contributed by atoms with E-state index in [9.17, 15) is 19.1 Å². The lowest BCUT2D eigenvalue weighted by Crippen LogP contribution is -2.73. The van der Waals surface area contributed by atoms with Gasteiger partial charge in [-0.15, -0.1) is 0 Å². The van der Waals surface area contributed by atoms with Crippen molar-refractivity contribution in [1.82, 2.24) is 14.8 Å². The second-order valence-corrected chi connectivity index (χ2v) is 8.59. The lowest BCUT2D eigenvalue weighted by Gasteiger charge is -2.58. The summed E-state index contributed by atoms with van der Waals surface area (Å²) in [5, 5.41) is 9.98. The minimum absolute atomic E-state index is 0.0251. The normalized spacial score (nSPS) is 22.0. The van der Waals surface area contributed by atoms with Crippen molar-refractivity contribution in [2.45, 2.75) is 24.4 Å². The van der Waals surface area contributed by atoms with Gasteiger partial charge < -0.3 is 14.9 Å². The summed E-state index contributed by atoms with van der Waals surface area (Å²) >= 11 is 0. The van der Waals surface area contributed by atoms with Crippen LogP contribution < -0.4 is 0 Å². The van der Waals surface area contributed by atoms with Crippen molar-refractivity contribution in [3.8, 4) is 11.1 Å². The second-order valence-electron chi connectivity index (χ2n) is 8.59. The number of carbonyl (C=O) groups is 2. The van der Waals surface area contributed by atoms with E-state index in [1.165, 1.54) is 12.1 Å². The van der Waals surface area contributed by atoms with Crippen molar-refractivity contribution in [1.29, 1.82) is 0 Å². The van der Waals surface area contributed by atoms with Crippen LogP contribution in [0.1, 0.15) is 17.0 Å². The first-order chi connectivity index (χ1) is 16.0. The predicted octanol–water partition coefficient (Wildman–Crippen LogP) is 2.63. The molecular formula is C26H24FN3O3. The summed E-state index contributed by atoms with van der Waals surface area (Å²) in [4.78, 5) is 33.1. The molecule has 3 heterocycles. The van der Waals surface area contributed by atoms with Gasteiger partial charge in [-0.25, -0.2) is 4.39 Å². The summed E-state index contributed by atoms with van der Waals surface area (Å²) in [6, 6.07) is 17.4. The molecule has 0 unspecified atom stereocenters. The smallest absolute Gasteiger partial charge is 0.242 e. The van der Waals surface area contributed by atoms with Gasteiger partial charge in [-0.1, -0.05) is 42.5 Å². The van der Waals surface area contributed by atoms with Crippen molar-refractivity contribution >= 4 is 11.8 Å². The number of benzene rings is 2. The average Bonchev–Trinajstić information content (AvgIpc) is 2.81. The molecule has 168 valence electrons. The highest BCUT2D eigenvalue weighted by molar-refractivity contribution is 5.88. The molecule has 1 N–H and O–H groups in total. The van der Waals surface area contributed by atoms with Gasteiger partial charge in [0.1, 0.15) is 5.82 Å². The molecule has 2 fully saturated rings. The first-order valence-electron chi connectivity index (χ1n) is 11.0. The monoisotopic (exact) mass is 445 g/mol. The highest BCUT2D eigenvalue weighted by Gasteiger charge is 2.54. The maximum absolute atomic E-state index is 13.6. The largest absolute Gasteiger partial charge is 0.394 e. The molecule has 2 amide bonds. The molecule has 3 atom stereocenters. The number of rotatable bonds is 5. The Balaban J connectivity index is 1.35. The van der Waals surface area contributed by atoms with Gasteiger partial charge in [0, 0.05) is 24.9 Å². The van der Waals surface area contributed by atoms with Crippen molar-refractivity contribution in [2.24, 2.45) is 0 Å². The third-order valence-corrected chi connectivity index (χ3v) is 6.64.